The summed E-state index contributed by atoms with van der Waals surface area (Å²) in [6.07, 6.45) is 6.57. The van der Waals surface area contributed by atoms with E-state index in [0.29, 0.717) is 6.61 Å². The lowest BCUT2D eigenvalue weighted by Crippen LogP contribution is -2.42. The summed E-state index contributed by atoms with van der Waals surface area (Å²) in [5.41, 5.74) is 2.77. The van der Waals surface area contributed by atoms with Gasteiger partial charge in [-0.3, -0.25) is 9.69 Å². The number of carbonyl (C=O) groups is 1. The summed E-state index contributed by atoms with van der Waals surface area (Å²) in [7, 11) is 0. The molecule has 4 nitrogen and oxygen atoms in total. The number of nitrogens with one attached hydrogen (secondary N) is 1. The number of amides is 1. The Balaban J connectivity index is 1.35. The molecular weight excluding hydrogens is 408 g/mol. The molecule has 2 fully saturated rings. The van der Waals surface area contributed by atoms with Gasteiger partial charge in [-0.15, -0.1) is 0 Å². The van der Waals surface area contributed by atoms with E-state index >= 15 is 0 Å². The van der Waals surface area contributed by atoms with Crippen LogP contribution in [0.3, 0.4) is 0 Å². The Kier molecular flexibility index (Phi) is 7.75. The predicted octanol–water partition coefficient (Wildman–Crippen LogP) is 6.19. The van der Waals surface area contributed by atoms with E-state index in [4.69, 9.17) is 4.74 Å². The van der Waals surface area contributed by atoms with Crippen molar-refractivity contribution in [3.8, 4) is 5.75 Å². The lowest BCUT2D eigenvalue weighted by molar-refractivity contribution is -0.122. The van der Waals surface area contributed by atoms with Gasteiger partial charge in [0.2, 0.25) is 5.91 Å². The van der Waals surface area contributed by atoms with Crippen LogP contribution in [0.4, 0.5) is 5.69 Å². The third-order valence-electron chi connectivity index (χ3n) is 7.45. The van der Waals surface area contributed by atoms with Gasteiger partial charge < -0.3 is 10.1 Å². The fourth-order valence-electron chi connectivity index (χ4n) is 5.90. The highest BCUT2D eigenvalue weighted by atomic mass is 16.5. The lowest BCUT2D eigenvalue weighted by Gasteiger charge is -2.36. The van der Waals surface area contributed by atoms with Crippen molar-refractivity contribution in [2.75, 3.05) is 31.6 Å². The zero-order chi connectivity index (χ0) is 23.3. The Morgan fingerprint density at radius 3 is 2.39 bits per heavy atom. The molecule has 1 amide bonds. The minimum Gasteiger partial charge on any atom is -0.492 e. The summed E-state index contributed by atoms with van der Waals surface area (Å²) < 4.78 is 6.00. The van der Waals surface area contributed by atoms with E-state index in [0.717, 1.165) is 61.1 Å². The molecule has 1 saturated heterocycles. The van der Waals surface area contributed by atoms with Crippen molar-refractivity contribution in [3.05, 3.63) is 59.7 Å². The molecular formula is C29H40N2O2. The van der Waals surface area contributed by atoms with Crippen molar-refractivity contribution in [1.29, 1.82) is 0 Å². The fraction of sp³-hybridized carbons (Fsp3) is 0.552. The molecule has 2 aromatic rings. The number of anilines is 1. The maximum atomic E-state index is 13.5. The normalized spacial score (nSPS) is 23.1. The Morgan fingerprint density at radius 1 is 1.03 bits per heavy atom. The van der Waals surface area contributed by atoms with Gasteiger partial charge in [-0.05, 0) is 67.9 Å². The number of carbonyl (C=O) groups excluding carboxylic acids is 1. The minimum atomic E-state index is -0.428. The SMILES string of the molecule is Cc1cccc(C2(C(=O)Nc3ccc(OCCN4C[C@@H](C)C[C@H](C)C4)cc3)CCCCC2)c1. The number of rotatable bonds is 7. The fourth-order valence-corrected chi connectivity index (χ4v) is 5.90. The van der Waals surface area contributed by atoms with E-state index in [1.54, 1.807) is 0 Å². The van der Waals surface area contributed by atoms with Crippen molar-refractivity contribution < 1.29 is 9.53 Å². The summed E-state index contributed by atoms with van der Waals surface area (Å²) in [6, 6.07) is 16.4. The molecule has 0 spiro atoms. The summed E-state index contributed by atoms with van der Waals surface area (Å²) in [6.45, 7) is 10.8. The topological polar surface area (TPSA) is 41.6 Å². The van der Waals surface area contributed by atoms with Crippen LogP contribution in [-0.2, 0) is 10.2 Å². The average Bonchev–Trinajstić information content (AvgIpc) is 2.80. The smallest absolute Gasteiger partial charge is 0.235 e. The number of benzene rings is 2. The number of ether oxygens (including phenoxy) is 1. The monoisotopic (exact) mass is 448 g/mol. The van der Waals surface area contributed by atoms with Gasteiger partial charge in [0, 0.05) is 25.3 Å². The molecule has 0 radical (unpaired) electrons. The zero-order valence-corrected chi connectivity index (χ0v) is 20.6. The van der Waals surface area contributed by atoms with Crippen molar-refractivity contribution >= 4 is 11.6 Å². The van der Waals surface area contributed by atoms with E-state index < -0.39 is 5.41 Å². The summed E-state index contributed by atoms with van der Waals surface area (Å²) in [4.78, 5) is 16.1. The standard InChI is InChI=1S/C29H40N2O2/c1-22-8-7-9-25(19-22)29(14-5-4-6-15-29)28(32)30-26-10-12-27(13-11-26)33-17-16-31-20-23(2)18-24(3)21-31/h7-13,19,23-24H,4-6,14-18,20-21H2,1-3H3,(H,30,32)/t23-,24-/m0/s1. The molecule has 1 saturated carbocycles. The molecule has 33 heavy (non-hydrogen) atoms. The first-order valence-corrected chi connectivity index (χ1v) is 12.8. The molecule has 4 heteroatoms. The molecule has 1 N–H and O–H groups in total. The van der Waals surface area contributed by atoms with Crippen molar-refractivity contribution in [3.63, 3.8) is 0 Å². The average molecular weight is 449 g/mol. The van der Waals surface area contributed by atoms with Crippen LogP contribution in [0, 0.1) is 18.8 Å². The molecule has 0 bridgehead atoms. The van der Waals surface area contributed by atoms with Crippen LogP contribution in [0.2, 0.25) is 0 Å². The van der Waals surface area contributed by atoms with E-state index in [-0.39, 0.29) is 5.91 Å². The number of hydrogen-bond donors (Lipinski definition) is 1. The van der Waals surface area contributed by atoms with E-state index in [1.807, 2.05) is 24.3 Å². The Labute approximate surface area is 199 Å². The van der Waals surface area contributed by atoms with Gasteiger partial charge in [0.15, 0.2) is 0 Å². The van der Waals surface area contributed by atoms with Gasteiger partial charge in [-0.25, -0.2) is 0 Å². The first kappa shape index (κ1) is 23.8. The molecule has 1 aliphatic heterocycles. The van der Waals surface area contributed by atoms with Crippen LogP contribution in [-0.4, -0.2) is 37.0 Å². The maximum Gasteiger partial charge on any atom is 0.235 e. The van der Waals surface area contributed by atoms with Crippen LogP contribution in [0.15, 0.2) is 48.5 Å². The second-order valence-electron chi connectivity index (χ2n) is 10.5. The Morgan fingerprint density at radius 2 is 1.73 bits per heavy atom. The molecule has 2 aromatic carbocycles. The zero-order valence-electron chi connectivity index (χ0n) is 20.6. The highest BCUT2D eigenvalue weighted by Gasteiger charge is 2.41. The van der Waals surface area contributed by atoms with Gasteiger partial charge in [-0.2, -0.15) is 0 Å². The third-order valence-corrected chi connectivity index (χ3v) is 7.45. The second-order valence-corrected chi connectivity index (χ2v) is 10.5. The van der Waals surface area contributed by atoms with Crippen LogP contribution in [0.1, 0.15) is 63.5 Å². The Hall–Kier alpha value is -2.33. The molecule has 0 unspecified atom stereocenters. The third kappa shape index (κ3) is 5.97. The van der Waals surface area contributed by atoms with Crippen molar-refractivity contribution in [1.82, 2.24) is 4.90 Å². The maximum absolute atomic E-state index is 13.5. The summed E-state index contributed by atoms with van der Waals surface area (Å²) in [5.74, 6) is 2.51. The van der Waals surface area contributed by atoms with E-state index in [9.17, 15) is 4.79 Å². The number of likely N-dealkylation sites (tertiary alicyclic amines) is 1. The molecule has 1 aliphatic carbocycles. The van der Waals surface area contributed by atoms with Gasteiger partial charge >= 0.3 is 0 Å². The molecule has 178 valence electrons. The van der Waals surface area contributed by atoms with Crippen LogP contribution in [0.25, 0.3) is 0 Å². The van der Waals surface area contributed by atoms with E-state index in [1.165, 1.54) is 31.5 Å². The number of piperidine rings is 1. The van der Waals surface area contributed by atoms with Crippen LogP contribution in [0.5, 0.6) is 5.75 Å². The van der Waals surface area contributed by atoms with Gasteiger partial charge in [0.05, 0.1) is 5.41 Å². The molecule has 4 rings (SSSR count). The van der Waals surface area contributed by atoms with E-state index in [2.05, 4.69) is 55.3 Å². The quantitative estimate of drug-likeness (QED) is 0.549. The first-order chi connectivity index (χ1) is 15.9. The highest BCUT2D eigenvalue weighted by Crippen LogP contribution is 2.41. The van der Waals surface area contributed by atoms with Crippen molar-refractivity contribution in [2.24, 2.45) is 11.8 Å². The van der Waals surface area contributed by atoms with Gasteiger partial charge in [0.25, 0.3) is 0 Å². The lowest BCUT2D eigenvalue weighted by atomic mass is 9.68. The first-order valence-electron chi connectivity index (χ1n) is 12.8. The number of aryl methyl sites for hydroxylation is 1. The largest absolute Gasteiger partial charge is 0.492 e. The number of nitrogens with zero attached hydrogens (tertiary/aromatic N) is 1. The van der Waals surface area contributed by atoms with Gasteiger partial charge in [-0.1, -0.05) is 62.9 Å². The van der Waals surface area contributed by atoms with Crippen LogP contribution >= 0.6 is 0 Å². The second kappa shape index (κ2) is 10.7. The van der Waals surface area contributed by atoms with Gasteiger partial charge in [0.1, 0.15) is 12.4 Å². The molecule has 1 heterocycles. The highest BCUT2D eigenvalue weighted by molar-refractivity contribution is 5.99. The van der Waals surface area contributed by atoms with Crippen LogP contribution < -0.4 is 10.1 Å². The summed E-state index contributed by atoms with van der Waals surface area (Å²) >= 11 is 0. The molecule has 2 atom stereocenters. The number of hydrogen-bond acceptors (Lipinski definition) is 3. The van der Waals surface area contributed by atoms with Crippen molar-refractivity contribution in [2.45, 2.75) is 64.7 Å². The minimum absolute atomic E-state index is 0.120. The molecule has 0 aromatic heterocycles. The predicted molar refractivity (Wildman–Crippen MR) is 136 cm³/mol. The Bertz CT molecular complexity index is 907. The molecule has 2 aliphatic rings. The summed E-state index contributed by atoms with van der Waals surface area (Å²) in [5, 5.41) is 3.21.